The Kier molecular flexibility index (Phi) is 4.95. The standard InChI is InChI=1S/C15H17N3O4S/c1-15(2,3)22-14(19)17-9-12-8-16-13(23-12)10-4-6-11(7-5-10)18(20)21/h4-8H,9H2,1-3H3,(H,17,19). The molecule has 7 nitrogen and oxygen atoms in total. The van der Waals surface area contributed by atoms with Crippen LogP contribution in [0.2, 0.25) is 0 Å². The molecule has 1 aromatic carbocycles. The number of rotatable bonds is 4. The minimum Gasteiger partial charge on any atom is -0.444 e. The molecule has 0 saturated heterocycles. The highest BCUT2D eigenvalue weighted by Crippen LogP contribution is 2.26. The molecule has 0 spiro atoms. The zero-order valence-corrected chi connectivity index (χ0v) is 13.8. The molecule has 0 aliphatic heterocycles. The van der Waals surface area contributed by atoms with E-state index in [-0.39, 0.29) is 5.69 Å². The lowest BCUT2D eigenvalue weighted by Crippen LogP contribution is -2.31. The number of amides is 1. The van der Waals surface area contributed by atoms with Crippen molar-refractivity contribution in [1.29, 1.82) is 0 Å². The van der Waals surface area contributed by atoms with Crippen molar-refractivity contribution in [2.45, 2.75) is 32.9 Å². The predicted octanol–water partition coefficient (Wildman–Crippen LogP) is 3.74. The first-order chi connectivity index (χ1) is 10.7. The van der Waals surface area contributed by atoms with E-state index in [0.29, 0.717) is 6.54 Å². The van der Waals surface area contributed by atoms with Crippen LogP contribution >= 0.6 is 11.3 Å². The van der Waals surface area contributed by atoms with Crippen LogP contribution in [-0.2, 0) is 11.3 Å². The van der Waals surface area contributed by atoms with Crippen LogP contribution in [0.1, 0.15) is 25.6 Å². The molecule has 2 aromatic rings. The minimum absolute atomic E-state index is 0.0390. The zero-order chi connectivity index (χ0) is 17.0. The van der Waals surface area contributed by atoms with E-state index in [1.54, 1.807) is 39.1 Å². The fourth-order valence-electron chi connectivity index (χ4n) is 1.72. The number of hydrogen-bond donors (Lipinski definition) is 1. The monoisotopic (exact) mass is 335 g/mol. The summed E-state index contributed by atoms with van der Waals surface area (Å²) in [4.78, 5) is 26.9. The summed E-state index contributed by atoms with van der Waals surface area (Å²) in [5.41, 5.74) is 0.295. The van der Waals surface area contributed by atoms with Crippen molar-refractivity contribution in [2.24, 2.45) is 0 Å². The van der Waals surface area contributed by atoms with E-state index in [1.165, 1.54) is 23.5 Å². The van der Waals surface area contributed by atoms with Gasteiger partial charge in [0.25, 0.3) is 5.69 Å². The van der Waals surface area contributed by atoms with Gasteiger partial charge in [-0.2, -0.15) is 0 Å². The van der Waals surface area contributed by atoms with Crippen LogP contribution in [0, 0.1) is 10.1 Å². The van der Waals surface area contributed by atoms with Crippen LogP contribution in [-0.4, -0.2) is 21.6 Å². The van der Waals surface area contributed by atoms with Gasteiger partial charge in [0.15, 0.2) is 0 Å². The van der Waals surface area contributed by atoms with E-state index in [0.717, 1.165) is 15.4 Å². The molecular weight excluding hydrogens is 318 g/mol. The SMILES string of the molecule is CC(C)(C)OC(=O)NCc1cnc(-c2ccc([N+](=O)[O-])cc2)s1. The maximum absolute atomic E-state index is 11.6. The van der Waals surface area contributed by atoms with Crippen molar-refractivity contribution in [2.75, 3.05) is 0 Å². The Balaban J connectivity index is 1.98. The number of benzene rings is 1. The molecule has 8 heteroatoms. The van der Waals surface area contributed by atoms with Gasteiger partial charge in [0, 0.05) is 28.8 Å². The summed E-state index contributed by atoms with van der Waals surface area (Å²) in [6.45, 7) is 5.71. The predicted molar refractivity (Wildman–Crippen MR) is 87.3 cm³/mol. The Morgan fingerprint density at radius 2 is 2.00 bits per heavy atom. The smallest absolute Gasteiger partial charge is 0.407 e. The number of ether oxygens (including phenoxy) is 1. The molecule has 122 valence electrons. The fourth-order valence-corrected chi connectivity index (χ4v) is 2.58. The van der Waals surface area contributed by atoms with Crippen LogP contribution in [0.25, 0.3) is 10.6 Å². The summed E-state index contributed by atoms with van der Waals surface area (Å²) in [6.07, 6.45) is 1.18. The number of nitro groups is 1. The minimum atomic E-state index is -0.540. The van der Waals surface area contributed by atoms with Gasteiger partial charge in [-0.1, -0.05) is 0 Å². The Morgan fingerprint density at radius 1 is 1.35 bits per heavy atom. The van der Waals surface area contributed by atoms with Crippen LogP contribution in [0.4, 0.5) is 10.5 Å². The van der Waals surface area contributed by atoms with Crippen molar-refractivity contribution in [3.05, 3.63) is 45.5 Å². The topological polar surface area (TPSA) is 94.4 Å². The molecule has 0 aliphatic carbocycles. The highest BCUT2D eigenvalue weighted by molar-refractivity contribution is 7.15. The average molecular weight is 335 g/mol. The normalized spacial score (nSPS) is 11.1. The maximum atomic E-state index is 11.6. The number of nitrogens with zero attached hydrogens (tertiary/aromatic N) is 2. The molecule has 0 unspecified atom stereocenters. The average Bonchev–Trinajstić information content (AvgIpc) is 2.92. The van der Waals surface area contributed by atoms with Gasteiger partial charge in [0.1, 0.15) is 10.6 Å². The highest BCUT2D eigenvalue weighted by atomic mass is 32.1. The number of nitrogens with one attached hydrogen (secondary N) is 1. The molecule has 1 N–H and O–H groups in total. The van der Waals surface area contributed by atoms with Gasteiger partial charge in [-0.3, -0.25) is 10.1 Å². The summed E-state index contributed by atoms with van der Waals surface area (Å²) in [6, 6.07) is 6.19. The number of non-ortho nitro benzene ring substituents is 1. The second-order valence-corrected chi connectivity index (χ2v) is 6.91. The van der Waals surface area contributed by atoms with E-state index < -0.39 is 16.6 Å². The molecule has 0 atom stereocenters. The van der Waals surface area contributed by atoms with Crippen LogP contribution < -0.4 is 5.32 Å². The third-order valence-electron chi connectivity index (χ3n) is 2.68. The molecule has 23 heavy (non-hydrogen) atoms. The van der Waals surface area contributed by atoms with Gasteiger partial charge in [-0.25, -0.2) is 9.78 Å². The van der Waals surface area contributed by atoms with Crippen molar-refractivity contribution in [1.82, 2.24) is 10.3 Å². The zero-order valence-electron chi connectivity index (χ0n) is 13.0. The van der Waals surface area contributed by atoms with Crippen molar-refractivity contribution < 1.29 is 14.5 Å². The lowest BCUT2D eigenvalue weighted by atomic mass is 10.2. The third-order valence-corrected chi connectivity index (χ3v) is 3.73. The number of carbonyl (C=O) groups excluding carboxylic acids is 1. The lowest BCUT2D eigenvalue weighted by Gasteiger charge is -2.19. The fraction of sp³-hybridized carbons (Fsp3) is 0.333. The number of alkyl carbamates (subject to hydrolysis) is 1. The van der Waals surface area contributed by atoms with Gasteiger partial charge >= 0.3 is 6.09 Å². The molecule has 1 aromatic heterocycles. The largest absolute Gasteiger partial charge is 0.444 e. The molecular formula is C15H17N3O4S. The molecule has 1 amide bonds. The highest BCUT2D eigenvalue weighted by Gasteiger charge is 2.16. The van der Waals surface area contributed by atoms with Gasteiger partial charge < -0.3 is 10.1 Å². The molecule has 0 aliphatic rings. The van der Waals surface area contributed by atoms with Crippen LogP contribution in [0.3, 0.4) is 0 Å². The lowest BCUT2D eigenvalue weighted by molar-refractivity contribution is -0.384. The van der Waals surface area contributed by atoms with Crippen molar-refractivity contribution in [3.63, 3.8) is 0 Å². The quantitative estimate of drug-likeness (QED) is 0.678. The Bertz CT molecular complexity index is 704. The summed E-state index contributed by atoms with van der Waals surface area (Å²) in [5.74, 6) is 0. The Morgan fingerprint density at radius 3 is 2.57 bits per heavy atom. The number of aromatic nitrogens is 1. The molecule has 0 saturated carbocycles. The summed E-state index contributed by atoms with van der Waals surface area (Å²) < 4.78 is 5.16. The molecule has 2 rings (SSSR count). The number of thiazole rings is 1. The summed E-state index contributed by atoms with van der Waals surface area (Å²) in [7, 11) is 0. The van der Waals surface area contributed by atoms with Gasteiger partial charge in [0.05, 0.1) is 11.5 Å². The Labute approximate surface area is 137 Å². The van der Waals surface area contributed by atoms with Gasteiger partial charge in [-0.15, -0.1) is 11.3 Å². The first kappa shape index (κ1) is 16.9. The molecule has 0 fully saturated rings. The van der Waals surface area contributed by atoms with Gasteiger partial charge in [-0.05, 0) is 32.9 Å². The second kappa shape index (κ2) is 6.74. The second-order valence-electron chi connectivity index (χ2n) is 5.79. The number of carbonyl (C=O) groups is 1. The molecule has 0 radical (unpaired) electrons. The summed E-state index contributed by atoms with van der Waals surface area (Å²) >= 11 is 1.41. The Hall–Kier alpha value is -2.48. The first-order valence-electron chi connectivity index (χ1n) is 6.91. The van der Waals surface area contributed by atoms with E-state index in [9.17, 15) is 14.9 Å². The summed E-state index contributed by atoms with van der Waals surface area (Å²) in [5, 5.41) is 14.0. The van der Waals surface area contributed by atoms with E-state index >= 15 is 0 Å². The first-order valence-corrected chi connectivity index (χ1v) is 7.72. The molecule has 0 bridgehead atoms. The van der Waals surface area contributed by atoms with E-state index in [4.69, 9.17) is 4.74 Å². The maximum Gasteiger partial charge on any atom is 0.407 e. The third kappa shape index (κ3) is 5.03. The number of nitro benzene ring substituents is 1. The number of hydrogen-bond acceptors (Lipinski definition) is 6. The van der Waals surface area contributed by atoms with Crippen LogP contribution in [0.15, 0.2) is 30.5 Å². The van der Waals surface area contributed by atoms with E-state index in [1.807, 2.05) is 0 Å². The van der Waals surface area contributed by atoms with Crippen LogP contribution in [0.5, 0.6) is 0 Å². The van der Waals surface area contributed by atoms with E-state index in [2.05, 4.69) is 10.3 Å². The molecule has 1 heterocycles. The van der Waals surface area contributed by atoms with Crippen molar-refractivity contribution in [3.8, 4) is 10.6 Å². The van der Waals surface area contributed by atoms with Crippen molar-refractivity contribution >= 4 is 23.1 Å². The van der Waals surface area contributed by atoms with Gasteiger partial charge in [0.2, 0.25) is 0 Å².